The molecule has 1 fully saturated rings. The largest absolute Gasteiger partial charge is 0.396 e. The second kappa shape index (κ2) is 2.91. The van der Waals surface area contributed by atoms with E-state index in [9.17, 15) is 0 Å². The van der Waals surface area contributed by atoms with Crippen LogP contribution in [0.15, 0.2) is 30.3 Å². The van der Waals surface area contributed by atoms with Crippen molar-refractivity contribution >= 4 is 0 Å². The number of aliphatic hydroxyl groups excluding tert-OH is 1. The van der Waals surface area contributed by atoms with Crippen LogP contribution < -0.4 is 0 Å². The number of rotatable bonds is 2. The van der Waals surface area contributed by atoms with Crippen molar-refractivity contribution in [2.45, 2.75) is 12.8 Å². The van der Waals surface area contributed by atoms with Gasteiger partial charge in [0.15, 0.2) is 0 Å². The lowest BCUT2D eigenvalue weighted by atomic mass is 10.1. The lowest BCUT2D eigenvalue weighted by Crippen LogP contribution is -1.87. The van der Waals surface area contributed by atoms with Crippen LogP contribution in [-0.2, 0) is 0 Å². The Labute approximate surface area is 73.0 Å². The number of aliphatic hydroxyl groups is 1. The Kier molecular flexibility index (Phi) is 1.89. The minimum atomic E-state index is 0.334. The Balaban J connectivity index is 2.14. The van der Waals surface area contributed by atoms with Crippen LogP contribution in [0.4, 0.5) is 0 Å². The smallest absolute Gasteiger partial charge is 0.0467 e. The van der Waals surface area contributed by atoms with E-state index in [2.05, 4.69) is 31.2 Å². The van der Waals surface area contributed by atoms with Gasteiger partial charge in [-0.2, -0.15) is 0 Å². The van der Waals surface area contributed by atoms with Gasteiger partial charge in [-0.15, -0.1) is 0 Å². The molecule has 1 aromatic rings. The summed E-state index contributed by atoms with van der Waals surface area (Å²) in [7, 11) is 0. The van der Waals surface area contributed by atoms with Crippen molar-refractivity contribution in [3.63, 3.8) is 0 Å². The molecule has 2 rings (SSSR count). The molecule has 1 heteroatoms. The summed E-state index contributed by atoms with van der Waals surface area (Å²) in [5, 5.41) is 9.01. The summed E-state index contributed by atoms with van der Waals surface area (Å²) in [6.45, 7) is 2.54. The molecule has 1 aliphatic carbocycles. The summed E-state index contributed by atoms with van der Waals surface area (Å²) in [5.41, 5.74) is 1.38. The van der Waals surface area contributed by atoms with Gasteiger partial charge in [0.05, 0.1) is 0 Å². The Morgan fingerprint density at radius 3 is 2.42 bits per heavy atom. The van der Waals surface area contributed by atoms with E-state index in [0.29, 0.717) is 24.4 Å². The van der Waals surface area contributed by atoms with E-state index in [1.165, 1.54) is 5.56 Å². The Bertz CT molecular complexity index is 255. The highest BCUT2D eigenvalue weighted by atomic mass is 16.3. The molecule has 64 valence electrons. The standard InChI is InChI=1S/C11H14O/c1-8-10(7-12)11(8)9-5-3-2-4-6-9/h2-6,8,10-12H,7H2,1H3/t8-,10+,11-/m0/s1. The van der Waals surface area contributed by atoms with Gasteiger partial charge < -0.3 is 5.11 Å². The van der Waals surface area contributed by atoms with Crippen LogP contribution in [0.1, 0.15) is 18.4 Å². The molecule has 1 aromatic carbocycles. The summed E-state index contributed by atoms with van der Waals surface area (Å²) < 4.78 is 0. The molecule has 1 N–H and O–H groups in total. The van der Waals surface area contributed by atoms with Gasteiger partial charge in [0, 0.05) is 6.61 Å². The van der Waals surface area contributed by atoms with Crippen LogP contribution in [0.5, 0.6) is 0 Å². The normalized spacial score (nSPS) is 33.3. The summed E-state index contributed by atoms with van der Waals surface area (Å²) >= 11 is 0. The quantitative estimate of drug-likeness (QED) is 0.705. The SMILES string of the molecule is C[C@H]1[C@@H](CO)[C@@H]1c1ccccc1. The van der Waals surface area contributed by atoms with Crippen LogP contribution in [0.2, 0.25) is 0 Å². The van der Waals surface area contributed by atoms with Gasteiger partial charge >= 0.3 is 0 Å². The second-order valence-corrected chi connectivity index (χ2v) is 3.64. The Morgan fingerprint density at radius 1 is 1.25 bits per heavy atom. The number of hydrogen-bond donors (Lipinski definition) is 1. The average Bonchev–Trinajstić information content (AvgIpc) is 2.78. The molecule has 0 bridgehead atoms. The fraction of sp³-hybridized carbons (Fsp3) is 0.455. The van der Waals surface area contributed by atoms with E-state index < -0.39 is 0 Å². The summed E-state index contributed by atoms with van der Waals surface area (Å²) in [4.78, 5) is 0. The van der Waals surface area contributed by atoms with Gasteiger partial charge in [-0.1, -0.05) is 37.3 Å². The third-order valence-corrected chi connectivity index (χ3v) is 2.96. The second-order valence-electron chi connectivity index (χ2n) is 3.64. The highest BCUT2D eigenvalue weighted by Gasteiger charge is 2.46. The molecule has 1 nitrogen and oxygen atoms in total. The van der Waals surface area contributed by atoms with Gasteiger partial charge in [0.2, 0.25) is 0 Å². The van der Waals surface area contributed by atoms with Crippen molar-refractivity contribution in [3.05, 3.63) is 35.9 Å². The van der Waals surface area contributed by atoms with Gasteiger partial charge in [0.25, 0.3) is 0 Å². The predicted molar refractivity (Wildman–Crippen MR) is 48.9 cm³/mol. The molecule has 1 saturated carbocycles. The van der Waals surface area contributed by atoms with Gasteiger partial charge in [-0.05, 0) is 23.3 Å². The summed E-state index contributed by atoms with van der Waals surface area (Å²) in [6, 6.07) is 10.5. The van der Waals surface area contributed by atoms with Crippen molar-refractivity contribution in [1.29, 1.82) is 0 Å². The molecule has 3 atom stereocenters. The van der Waals surface area contributed by atoms with Crippen molar-refractivity contribution < 1.29 is 5.11 Å². The minimum absolute atomic E-state index is 0.334. The molecule has 0 aliphatic heterocycles. The molecular formula is C11H14O. The van der Waals surface area contributed by atoms with Crippen LogP contribution >= 0.6 is 0 Å². The zero-order chi connectivity index (χ0) is 8.55. The van der Waals surface area contributed by atoms with Gasteiger partial charge in [-0.3, -0.25) is 0 Å². The fourth-order valence-corrected chi connectivity index (χ4v) is 2.05. The summed E-state index contributed by atoms with van der Waals surface area (Å²) in [6.07, 6.45) is 0. The van der Waals surface area contributed by atoms with Crippen LogP contribution in [0.3, 0.4) is 0 Å². The zero-order valence-electron chi connectivity index (χ0n) is 7.27. The van der Waals surface area contributed by atoms with E-state index in [-0.39, 0.29) is 0 Å². The first-order chi connectivity index (χ1) is 5.84. The van der Waals surface area contributed by atoms with E-state index in [0.717, 1.165) is 0 Å². The molecular weight excluding hydrogens is 148 g/mol. The molecule has 12 heavy (non-hydrogen) atoms. The first-order valence-corrected chi connectivity index (χ1v) is 4.50. The first-order valence-electron chi connectivity index (χ1n) is 4.50. The molecule has 1 aliphatic rings. The Morgan fingerprint density at radius 2 is 1.92 bits per heavy atom. The van der Waals surface area contributed by atoms with Gasteiger partial charge in [-0.25, -0.2) is 0 Å². The number of benzene rings is 1. The maximum Gasteiger partial charge on any atom is 0.0467 e. The molecule has 0 heterocycles. The maximum absolute atomic E-state index is 9.01. The van der Waals surface area contributed by atoms with E-state index in [1.54, 1.807) is 0 Å². The monoisotopic (exact) mass is 162 g/mol. The number of hydrogen-bond acceptors (Lipinski definition) is 1. The highest BCUT2D eigenvalue weighted by Crippen LogP contribution is 2.53. The average molecular weight is 162 g/mol. The van der Waals surface area contributed by atoms with Crippen molar-refractivity contribution in [2.75, 3.05) is 6.61 Å². The zero-order valence-corrected chi connectivity index (χ0v) is 7.27. The first kappa shape index (κ1) is 7.81. The van der Waals surface area contributed by atoms with E-state index in [4.69, 9.17) is 5.11 Å². The lowest BCUT2D eigenvalue weighted by molar-refractivity contribution is 0.268. The highest BCUT2D eigenvalue weighted by molar-refractivity contribution is 5.27. The molecule has 0 spiro atoms. The van der Waals surface area contributed by atoms with E-state index in [1.807, 2.05) is 6.07 Å². The topological polar surface area (TPSA) is 20.2 Å². The van der Waals surface area contributed by atoms with Crippen molar-refractivity contribution in [1.82, 2.24) is 0 Å². The molecule has 0 unspecified atom stereocenters. The van der Waals surface area contributed by atoms with Crippen LogP contribution in [-0.4, -0.2) is 11.7 Å². The van der Waals surface area contributed by atoms with Crippen molar-refractivity contribution in [2.24, 2.45) is 11.8 Å². The van der Waals surface area contributed by atoms with Crippen LogP contribution in [0.25, 0.3) is 0 Å². The molecule has 0 radical (unpaired) electrons. The van der Waals surface area contributed by atoms with Crippen LogP contribution in [0, 0.1) is 11.8 Å². The maximum atomic E-state index is 9.01. The molecule has 0 amide bonds. The van der Waals surface area contributed by atoms with Gasteiger partial charge in [0.1, 0.15) is 0 Å². The third kappa shape index (κ3) is 1.14. The van der Waals surface area contributed by atoms with E-state index >= 15 is 0 Å². The summed E-state index contributed by atoms with van der Waals surface area (Å²) in [5.74, 6) is 1.78. The minimum Gasteiger partial charge on any atom is -0.396 e. The fourth-order valence-electron chi connectivity index (χ4n) is 2.05. The Hall–Kier alpha value is -0.820. The lowest BCUT2D eigenvalue weighted by Gasteiger charge is -1.96. The van der Waals surface area contributed by atoms with Crippen molar-refractivity contribution in [3.8, 4) is 0 Å². The molecule has 0 saturated heterocycles. The predicted octanol–water partition coefficient (Wildman–Crippen LogP) is 2.03. The molecule has 0 aromatic heterocycles. The third-order valence-electron chi connectivity index (χ3n) is 2.96.